The summed E-state index contributed by atoms with van der Waals surface area (Å²) in [7, 11) is 0. The molecule has 2 heterocycles. The fourth-order valence-corrected chi connectivity index (χ4v) is 14.9. The van der Waals surface area contributed by atoms with Crippen molar-refractivity contribution in [3.05, 3.63) is 265 Å². The van der Waals surface area contributed by atoms with Gasteiger partial charge in [0.25, 0.3) is 0 Å². The predicted octanol–water partition coefficient (Wildman–Crippen LogP) is 20.3. The van der Waals surface area contributed by atoms with Crippen molar-refractivity contribution in [1.29, 1.82) is 0 Å². The van der Waals surface area contributed by atoms with Crippen LogP contribution in [0.3, 0.4) is 0 Å². The van der Waals surface area contributed by atoms with Crippen LogP contribution in [0.15, 0.2) is 254 Å². The molecule has 0 N–H and O–H groups in total. The van der Waals surface area contributed by atoms with E-state index in [4.69, 9.17) is 11.6 Å². The normalized spacial score (nSPS) is 18.6. The van der Waals surface area contributed by atoms with Gasteiger partial charge in [0, 0.05) is 31.3 Å². The second kappa shape index (κ2) is 16.4. The highest BCUT2D eigenvalue weighted by molar-refractivity contribution is 7.26. The molecule has 3 atom stereocenters. The lowest BCUT2D eigenvalue weighted by Gasteiger charge is -2.29. The third kappa shape index (κ3) is 6.59. The molecule has 0 saturated heterocycles. The van der Waals surface area contributed by atoms with Crippen LogP contribution in [-0.2, 0) is 5.41 Å². The Balaban J connectivity index is 0.978. The maximum atomic E-state index is 6.15. The molecule has 2 heteroatoms. The Morgan fingerprint density at radius 1 is 0.413 bits per heavy atom. The number of hydrogen-bond acceptors (Lipinski definition) is 2. The highest BCUT2D eigenvalue weighted by atomic mass is 32.1. The smallest absolute Gasteiger partial charge is 0.0796 e. The molecule has 1 fully saturated rings. The topological polar surface area (TPSA) is 12.4 Å². The van der Waals surface area contributed by atoms with Crippen molar-refractivity contribution < 1.29 is 0 Å². The lowest BCUT2D eigenvalue weighted by atomic mass is 9.78. The van der Waals surface area contributed by atoms with Crippen LogP contribution in [-0.4, -0.2) is 5.71 Å². The molecular weight excluding hydrogens is 923 g/mol. The van der Waals surface area contributed by atoms with Crippen LogP contribution < -0.4 is 0 Å². The lowest BCUT2D eigenvalue weighted by molar-refractivity contribution is 0.602. The molecule has 1 nitrogen and oxygen atoms in total. The largest absolute Gasteiger partial charge is 0.281 e. The van der Waals surface area contributed by atoms with Gasteiger partial charge in [0.05, 0.1) is 6.04 Å². The summed E-state index contributed by atoms with van der Waals surface area (Å²) in [5.74, 6) is 0.392. The fraction of sp³-hybridized carbons (Fsp3) is 0.0822. The summed E-state index contributed by atoms with van der Waals surface area (Å²) in [4.78, 5) is 6.15. The Morgan fingerprint density at radius 2 is 1.01 bits per heavy atom. The molecule has 1 aliphatic heterocycles. The van der Waals surface area contributed by atoms with Crippen molar-refractivity contribution in [3.8, 4) is 22.3 Å². The molecule has 1 saturated carbocycles. The van der Waals surface area contributed by atoms with E-state index in [2.05, 4.69) is 237 Å². The van der Waals surface area contributed by atoms with Crippen LogP contribution in [0.25, 0.3) is 118 Å². The van der Waals surface area contributed by atoms with Crippen molar-refractivity contribution >= 4 is 113 Å². The highest BCUT2D eigenvalue weighted by Crippen LogP contribution is 2.64. The summed E-state index contributed by atoms with van der Waals surface area (Å²) >= 11 is 1.93. The minimum Gasteiger partial charge on any atom is -0.281 e. The summed E-state index contributed by atoms with van der Waals surface area (Å²) in [5, 5.41) is 20.4. The second-order valence-corrected chi connectivity index (χ2v) is 22.4. The second-order valence-electron chi connectivity index (χ2n) is 21.4. The number of hydrogen-bond donors (Lipinski definition) is 0. The van der Waals surface area contributed by atoms with Gasteiger partial charge in [-0.2, -0.15) is 0 Å². The van der Waals surface area contributed by atoms with Gasteiger partial charge < -0.3 is 0 Å². The van der Waals surface area contributed by atoms with E-state index >= 15 is 0 Å². The van der Waals surface area contributed by atoms with E-state index in [1.54, 1.807) is 0 Å². The zero-order valence-electron chi connectivity index (χ0n) is 41.4. The number of fused-ring (bicyclic) bond motifs is 15. The van der Waals surface area contributed by atoms with Crippen LogP contribution >= 0.6 is 11.3 Å². The van der Waals surface area contributed by atoms with Crippen LogP contribution in [0.2, 0.25) is 0 Å². The van der Waals surface area contributed by atoms with Crippen molar-refractivity contribution in [2.45, 2.75) is 30.7 Å². The maximum absolute atomic E-state index is 6.15. The van der Waals surface area contributed by atoms with Gasteiger partial charge >= 0.3 is 0 Å². The van der Waals surface area contributed by atoms with Gasteiger partial charge in [-0.15, -0.1) is 11.3 Å². The average Bonchev–Trinajstić information content (AvgIpc) is 4.07. The molecule has 75 heavy (non-hydrogen) atoms. The molecule has 0 bridgehead atoms. The molecule has 0 spiro atoms. The van der Waals surface area contributed by atoms with E-state index in [0.717, 1.165) is 19.3 Å². The Kier molecular flexibility index (Phi) is 9.36. The number of benzene rings is 13. The lowest BCUT2D eigenvalue weighted by Crippen LogP contribution is -2.21. The molecule has 16 rings (SSSR count). The first-order valence-corrected chi connectivity index (χ1v) is 27.3. The minimum atomic E-state index is -0.209. The summed E-state index contributed by atoms with van der Waals surface area (Å²) in [6, 6.07) is 88.8. The standard InChI is InChI=1S/C73H49NS/c1-44-37-67(74-66(53-29-32-58-52(39-53)24-23-47-15-7-10-20-57(47)58)42-56-43-73(44,56)55-30-25-46(26-31-55)45-13-3-2-4-14-45)62-35-36-68-71(63-34-28-49-17-9-12-22-60(49)72(63)75-68)70(62)65-41-54-38-50-18-5-6-19-51(50)40-64(54)69-59-21-11-8-16-48(59)27-33-61(65)69/h2-36,38-41,56,67H,1,37,42-43H2/b74-66+. The van der Waals surface area contributed by atoms with E-state index in [1.807, 2.05) is 11.3 Å². The molecule has 0 radical (unpaired) electrons. The van der Waals surface area contributed by atoms with Gasteiger partial charge in [0.2, 0.25) is 0 Å². The first-order chi connectivity index (χ1) is 37.0. The Labute approximate surface area is 439 Å². The van der Waals surface area contributed by atoms with Crippen molar-refractivity contribution in [2.75, 3.05) is 0 Å². The Bertz CT molecular complexity index is 4770. The Morgan fingerprint density at radius 3 is 1.81 bits per heavy atom. The molecule has 13 aromatic carbocycles. The molecule has 1 aliphatic carbocycles. The third-order valence-corrected chi connectivity index (χ3v) is 18.6. The molecule has 2 aliphatic rings. The molecule has 0 amide bonds. The summed E-state index contributed by atoms with van der Waals surface area (Å²) in [6.07, 6.45) is 2.67. The SMILES string of the molecule is C=C1CC(c2ccc3sc4c5ccccc5ccc4c3c2-c2cc3cc4ccccc4cc3c3c2ccc2ccccc23)/N=C(/c2ccc3c(ccc4ccccc43)c2)CC2CC12c1ccc(-c2ccccc2)cc1. The molecule has 1 aromatic heterocycles. The fourth-order valence-electron chi connectivity index (χ4n) is 13.7. The van der Waals surface area contributed by atoms with Gasteiger partial charge in [0.1, 0.15) is 0 Å². The van der Waals surface area contributed by atoms with E-state index < -0.39 is 0 Å². The van der Waals surface area contributed by atoms with E-state index in [-0.39, 0.29) is 11.5 Å². The van der Waals surface area contributed by atoms with E-state index in [9.17, 15) is 0 Å². The number of nitrogens with zero attached hydrogens (tertiary/aromatic N) is 1. The van der Waals surface area contributed by atoms with Crippen molar-refractivity contribution in [3.63, 3.8) is 0 Å². The number of aliphatic imine (C=N–C) groups is 1. The summed E-state index contributed by atoms with van der Waals surface area (Å²) < 4.78 is 2.62. The van der Waals surface area contributed by atoms with E-state index in [0.29, 0.717) is 5.92 Å². The first-order valence-electron chi connectivity index (χ1n) is 26.5. The van der Waals surface area contributed by atoms with Gasteiger partial charge in [-0.05, 0) is 170 Å². The predicted molar refractivity (Wildman–Crippen MR) is 323 cm³/mol. The van der Waals surface area contributed by atoms with E-state index in [1.165, 1.54) is 146 Å². The minimum absolute atomic E-state index is 0.157. The summed E-state index contributed by atoms with van der Waals surface area (Å²) in [5.41, 5.74) is 11.2. The van der Waals surface area contributed by atoms with Crippen LogP contribution in [0.1, 0.15) is 42.0 Å². The zero-order valence-corrected chi connectivity index (χ0v) is 42.2. The molecular formula is C73H49NS. The maximum Gasteiger partial charge on any atom is 0.0796 e. The number of thiophene rings is 1. The zero-order chi connectivity index (χ0) is 49.4. The van der Waals surface area contributed by atoms with Crippen molar-refractivity contribution in [1.82, 2.24) is 0 Å². The first kappa shape index (κ1) is 42.8. The quantitative estimate of drug-likeness (QED) is 0.0926. The number of rotatable bonds is 5. The highest BCUT2D eigenvalue weighted by Gasteiger charge is 2.57. The van der Waals surface area contributed by atoms with Crippen molar-refractivity contribution in [2.24, 2.45) is 10.9 Å². The molecule has 14 aromatic rings. The molecule has 3 unspecified atom stereocenters. The van der Waals surface area contributed by atoms with Gasteiger partial charge in [0.15, 0.2) is 0 Å². The molecule has 352 valence electrons. The van der Waals surface area contributed by atoms with Gasteiger partial charge in [-0.25, -0.2) is 0 Å². The van der Waals surface area contributed by atoms with Crippen LogP contribution in [0, 0.1) is 5.92 Å². The third-order valence-electron chi connectivity index (χ3n) is 17.4. The monoisotopic (exact) mass is 971 g/mol. The van der Waals surface area contributed by atoms with Gasteiger partial charge in [-0.1, -0.05) is 218 Å². The van der Waals surface area contributed by atoms with Crippen LogP contribution in [0.5, 0.6) is 0 Å². The Hall–Kier alpha value is -8.69. The summed E-state index contributed by atoms with van der Waals surface area (Å²) in [6.45, 7) is 5.14. The van der Waals surface area contributed by atoms with Crippen LogP contribution in [0.4, 0.5) is 0 Å². The average molecular weight is 972 g/mol. The van der Waals surface area contributed by atoms with Gasteiger partial charge in [-0.3, -0.25) is 4.99 Å².